The Kier molecular flexibility index (Phi) is 8.67. The zero-order valence-electron chi connectivity index (χ0n) is 15.4. The Morgan fingerprint density at radius 2 is 1.81 bits per heavy atom. The van der Waals surface area contributed by atoms with Crippen LogP contribution in [0.15, 0.2) is 53.4 Å². The summed E-state index contributed by atoms with van der Waals surface area (Å²) in [6, 6.07) is 14.1. The number of carbonyl (C=O) groups excluding carboxylic acids is 1. The average Bonchev–Trinajstić information content (AvgIpc) is 2.66. The van der Waals surface area contributed by atoms with Gasteiger partial charge in [0.25, 0.3) is 0 Å². The van der Waals surface area contributed by atoms with E-state index in [9.17, 15) is 4.79 Å². The highest BCUT2D eigenvalue weighted by atomic mass is 32.2. The third-order valence-electron chi connectivity index (χ3n) is 3.59. The van der Waals surface area contributed by atoms with Gasteiger partial charge in [-0.15, -0.1) is 11.8 Å². The Labute approximate surface area is 163 Å². The van der Waals surface area contributed by atoms with Crippen molar-refractivity contribution in [2.45, 2.75) is 24.7 Å². The molecule has 4 N–H and O–H groups in total. The van der Waals surface area contributed by atoms with Crippen LogP contribution in [-0.4, -0.2) is 30.9 Å². The van der Waals surface area contributed by atoms with Crippen LogP contribution in [0.3, 0.4) is 0 Å². The molecule has 0 saturated carbocycles. The van der Waals surface area contributed by atoms with Gasteiger partial charge in [-0.1, -0.05) is 0 Å². The molecule has 0 bridgehead atoms. The van der Waals surface area contributed by atoms with Crippen LogP contribution in [0.1, 0.15) is 30.1 Å². The summed E-state index contributed by atoms with van der Waals surface area (Å²) in [6.45, 7) is 3.59. The van der Waals surface area contributed by atoms with Crippen LogP contribution < -0.4 is 15.8 Å². The van der Waals surface area contributed by atoms with Crippen LogP contribution in [0.2, 0.25) is 0 Å². The van der Waals surface area contributed by atoms with Gasteiger partial charge in [0.15, 0.2) is 5.96 Å². The summed E-state index contributed by atoms with van der Waals surface area (Å²) in [5, 5.41) is 9.84. The lowest BCUT2D eigenvalue weighted by Gasteiger charge is -2.07. The molecule has 0 aliphatic heterocycles. The highest BCUT2D eigenvalue weighted by Gasteiger charge is 2.09. The number of rotatable bonds is 10. The number of ether oxygens (including phenoxy) is 2. The van der Waals surface area contributed by atoms with E-state index >= 15 is 0 Å². The van der Waals surface area contributed by atoms with Gasteiger partial charge in [0.05, 0.1) is 5.56 Å². The molecule has 0 atom stereocenters. The fourth-order valence-electron chi connectivity index (χ4n) is 2.26. The minimum absolute atomic E-state index is 0.155. The summed E-state index contributed by atoms with van der Waals surface area (Å²) in [6.07, 6.45) is 2.17. The minimum Gasteiger partial charge on any atom is -0.423 e. The fourth-order valence-corrected chi connectivity index (χ4v) is 3.17. The Bertz CT molecular complexity index is 733. The van der Waals surface area contributed by atoms with Crippen molar-refractivity contribution in [1.29, 1.82) is 5.41 Å². The third-order valence-corrected chi connectivity index (χ3v) is 4.69. The second-order valence-electron chi connectivity index (χ2n) is 5.73. The van der Waals surface area contributed by atoms with Gasteiger partial charge >= 0.3 is 5.97 Å². The number of thioether (sulfide) groups is 1. The van der Waals surface area contributed by atoms with Gasteiger partial charge in [0.1, 0.15) is 5.75 Å². The van der Waals surface area contributed by atoms with Crippen LogP contribution in [0, 0.1) is 5.41 Å². The molecule has 0 fully saturated rings. The van der Waals surface area contributed by atoms with Gasteiger partial charge in [0.2, 0.25) is 0 Å². The number of anilines is 1. The van der Waals surface area contributed by atoms with Crippen molar-refractivity contribution in [3.05, 3.63) is 54.1 Å². The monoisotopic (exact) mass is 387 g/mol. The normalized spacial score (nSPS) is 10.4. The molecule has 144 valence electrons. The summed E-state index contributed by atoms with van der Waals surface area (Å²) in [4.78, 5) is 13.3. The lowest BCUT2D eigenvalue weighted by molar-refractivity contribution is 0.0734. The molecule has 0 aliphatic carbocycles. The molecule has 0 amide bonds. The van der Waals surface area contributed by atoms with Crippen molar-refractivity contribution in [3.8, 4) is 5.75 Å². The number of benzene rings is 2. The number of unbranched alkanes of at least 4 members (excludes halogenated alkanes) is 1. The lowest BCUT2D eigenvalue weighted by Crippen LogP contribution is -2.20. The van der Waals surface area contributed by atoms with Gasteiger partial charge < -0.3 is 20.5 Å². The van der Waals surface area contributed by atoms with Crippen LogP contribution >= 0.6 is 11.8 Å². The smallest absolute Gasteiger partial charge is 0.343 e. The second kappa shape index (κ2) is 11.3. The number of nitrogens with two attached hydrogens (primary N) is 1. The van der Waals surface area contributed by atoms with Gasteiger partial charge in [-0.05, 0) is 74.0 Å². The van der Waals surface area contributed by atoms with Crippen LogP contribution in [0.25, 0.3) is 0 Å². The molecule has 2 aromatic rings. The first-order valence-electron chi connectivity index (χ1n) is 8.82. The van der Waals surface area contributed by atoms with Gasteiger partial charge in [-0.3, -0.25) is 5.41 Å². The van der Waals surface area contributed by atoms with E-state index in [1.165, 1.54) is 0 Å². The van der Waals surface area contributed by atoms with Crippen molar-refractivity contribution in [2.75, 3.05) is 24.3 Å². The number of esters is 1. The molecule has 0 radical (unpaired) electrons. The Morgan fingerprint density at radius 1 is 1.11 bits per heavy atom. The van der Waals surface area contributed by atoms with Gasteiger partial charge in [-0.2, -0.15) is 0 Å². The first kappa shape index (κ1) is 20.8. The quantitative estimate of drug-likeness (QED) is 0.142. The van der Waals surface area contributed by atoms with Crippen molar-refractivity contribution in [3.63, 3.8) is 0 Å². The Balaban J connectivity index is 1.79. The molecular weight excluding hydrogens is 362 g/mol. The predicted molar refractivity (Wildman–Crippen MR) is 110 cm³/mol. The average molecular weight is 388 g/mol. The van der Waals surface area contributed by atoms with Crippen LogP contribution in [0.4, 0.5) is 5.69 Å². The van der Waals surface area contributed by atoms with Crippen molar-refractivity contribution < 1.29 is 14.3 Å². The summed E-state index contributed by atoms with van der Waals surface area (Å²) >= 11 is 1.78. The Hall–Kier alpha value is -2.51. The molecule has 0 aromatic heterocycles. The van der Waals surface area contributed by atoms with Crippen molar-refractivity contribution >= 4 is 29.4 Å². The van der Waals surface area contributed by atoms with E-state index in [0.717, 1.165) is 36.7 Å². The van der Waals surface area contributed by atoms with E-state index in [-0.39, 0.29) is 5.96 Å². The van der Waals surface area contributed by atoms with Gasteiger partial charge in [-0.25, -0.2) is 4.79 Å². The van der Waals surface area contributed by atoms with E-state index < -0.39 is 5.97 Å². The summed E-state index contributed by atoms with van der Waals surface area (Å²) in [5.41, 5.74) is 6.34. The maximum absolute atomic E-state index is 12.2. The summed E-state index contributed by atoms with van der Waals surface area (Å²) in [7, 11) is 0. The molecule has 0 spiro atoms. The van der Waals surface area contributed by atoms with Gasteiger partial charge in [0, 0.05) is 23.8 Å². The highest BCUT2D eigenvalue weighted by molar-refractivity contribution is 7.99. The molecule has 0 aliphatic rings. The van der Waals surface area contributed by atoms with Crippen LogP contribution in [-0.2, 0) is 4.74 Å². The molecule has 0 unspecified atom stereocenters. The fraction of sp³-hybridized carbons (Fsp3) is 0.300. The number of nitrogens with one attached hydrogen (secondary N) is 2. The second-order valence-corrected chi connectivity index (χ2v) is 6.90. The SMILES string of the molecule is CCOCCCCSc1ccc(OC(=O)c2ccc(NC(=N)N)cc2)cc1. The number of guanidine groups is 1. The first-order valence-corrected chi connectivity index (χ1v) is 9.81. The van der Waals surface area contributed by atoms with Crippen molar-refractivity contribution in [2.24, 2.45) is 5.73 Å². The number of hydrogen-bond acceptors (Lipinski definition) is 5. The molecule has 7 heteroatoms. The maximum atomic E-state index is 12.2. The Morgan fingerprint density at radius 3 is 2.44 bits per heavy atom. The van der Waals surface area contributed by atoms with E-state index in [1.54, 1.807) is 48.2 Å². The predicted octanol–water partition coefficient (Wildman–Crippen LogP) is 4.12. The molecule has 2 aromatic carbocycles. The topological polar surface area (TPSA) is 97.4 Å². The molecule has 2 rings (SSSR count). The maximum Gasteiger partial charge on any atom is 0.343 e. The molecular formula is C20H25N3O3S. The minimum atomic E-state index is -0.430. The first-order chi connectivity index (χ1) is 13.1. The van der Waals surface area contributed by atoms with E-state index in [4.69, 9.17) is 20.6 Å². The third kappa shape index (κ3) is 7.72. The zero-order chi connectivity index (χ0) is 19.5. The van der Waals surface area contributed by atoms with E-state index in [1.807, 2.05) is 19.1 Å². The largest absolute Gasteiger partial charge is 0.423 e. The molecule has 6 nitrogen and oxygen atoms in total. The lowest BCUT2D eigenvalue weighted by atomic mass is 10.2. The van der Waals surface area contributed by atoms with E-state index in [2.05, 4.69) is 5.32 Å². The molecule has 0 heterocycles. The number of hydrogen-bond donors (Lipinski definition) is 3. The zero-order valence-corrected chi connectivity index (χ0v) is 16.2. The van der Waals surface area contributed by atoms with Crippen LogP contribution in [0.5, 0.6) is 5.75 Å². The number of carbonyl (C=O) groups is 1. The standard InChI is InChI=1S/C20H25N3O3S/c1-2-25-13-3-4-14-27-18-11-9-17(10-12-18)26-19(24)15-5-7-16(8-6-15)23-20(21)22/h5-12H,2-4,13-14H2,1H3,(H4,21,22,23). The summed E-state index contributed by atoms with van der Waals surface area (Å²) < 4.78 is 10.7. The summed E-state index contributed by atoms with van der Waals surface area (Å²) in [5.74, 6) is 0.956. The molecule has 0 saturated heterocycles. The van der Waals surface area contributed by atoms with Crippen molar-refractivity contribution in [1.82, 2.24) is 0 Å². The highest BCUT2D eigenvalue weighted by Crippen LogP contribution is 2.23. The molecule has 27 heavy (non-hydrogen) atoms. The van der Waals surface area contributed by atoms with E-state index in [0.29, 0.717) is 17.0 Å².